The third-order valence-electron chi connectivity index (χ3n) is 5.10. The Labute approximate surface area is 142 Å². The van der Waals surface area contributed by atoms with Crippen molar-refractivity contribution in [3.8, 4) is 0 Å². The third kappa shape index (κ3) is 3.76. The summed E-state index contributed by atoms with van der Waals surface area (Å²) in [4.78, 5) is 13.8. The largest absolute Gasteiger partial charge is 0.324 e. The van der Waals surface area contributed by atoms with E-state index in [1.165, 1.54) is 43.4 Å². The average molecular weight is 342 g/mol. The molecular weight excluding hydrogens is 319 g/mol. The molecule has 3 nitrogen and oxygen atoms in total. The first kappa shape index (κ1) is 16.1. The van der Waals surface area contributed by atoms with Gasteiger partial charge in [0.05, 0.1) is 23.3 Å². The highest BCUT2D eigenvalue weighted by atomic mass is 35.5. The minimum Gasteiger partial charge on any atom is -0.324 e. The number of halogens is 2. The molecule has 2 aliphatic rings. The van der Waals surface area contributed by atoms with E-state index in [-0.39, 0.29) is 5.91 Å². The van der Waals surface area contributed by atoms with Gasteiger partial charge >= 0.3 is 0 Å². The minimum atomic E-state index is 0.0467. The molecule has 1 unspecified atom stereocenters. The zero-order chi connectivity index (χ0) is 15.5. The Bertz CT molecular complexity index is 547. The maximum absolute atomic E-state index is 12.4. The molecule has 5 heteroatoms. The molecule has 3 rings (SSSR count). The molecular formula is C17H23Cl2N2O+. The lowest BCUT2D eigenvalue weighted by atomic mass is 9.78. The van der Waals surface area contributed by atoms with E-state index < -0.39 is 0 Å². The molecule has 2 fully saturated rings. The molecule has 0 spiro atoms. The standard InChI is InChI=1S/C17H22Cl2N2O/c18-13-7-8-15(14(19)10-13)20-17(22)11-21-9-3-5-12-4-1-2-6-16(12)21/h7-8,10,12,16H,1-6,9,11H2,(H,20,22)/p+1/t12-,16-/m0/s1. The molecule has 1 saturated carbocycles. The smallest absolute Gasteiger partial charge is 0.279 e. The lowest BCUT2D eigenvalue weighted by Gasteiger charge is -2.40. The fraction of sp³-hybridized carbons (Fsp3) is 0.588. The number of anilines is 1. The van der Waals surface area contributed by atoms with Crippen LogP contribution in [0.2, 0.25) is 10.0 Å². The van der Waals surface area contributed by atoms with Crippen LogP contribution in [0.4, 0.5) is 5.69 Å². The number of benzene rings is 1. The highest BCUT2D eigenvalue weighted by molar-refractivity contribution is 6.36. The second-order valence-corrected chi connectivity index (χ2v) is 7.39. The van der Waals surface area contributed by atoms with Gasteiger partial charge in [-0.05, 0) is 50.3 Å². The van der Waals surface area contributed by atoms with Crippen molar-refractivity contribution in [1.29, 1.82) is 0 Å². The van der Waals surface area contributed by atoms with E-state index >= 15 is 0 Å². The summed E-state index contributed by atoms with van der Waals surface area (Å²) in [6, 6.07) is 5.84. The summed E-state index contributed by atoms with van der Waals surface area (Å²) in [5, 5.41) is 4.00. The molecule has 1 aromatic carbocycles. The summed E-state index contributed by atoms with van der Waals surface area (Å²) in [6.45, 7) is 1.66. The number of piperidine rings is 1. The molecule has 1 heterocycles. The molecule has 1 aliphatic heterocycles. The Kier molecular flexibility index (Phi) is 5.27. The molecule has 0 bridgehead atoms. The molecule has 1 aromatic rings. The Balaban J connectivity index is 1.61. The number of quaternary nitrogens is 1. The van der Waals surface area contributed by atoms with Gasteiger partial charge in [0.15, 0.2) is 6.54 Å². The van der Waals surface area contributed by atoms with Crippen molar-refractivity contribution in [1.82, 2.24) is 0 Å². The Morgan fingerprint density at radius 2 is 1.95 bits per heavy atom. The van der Waals surface area contributed by atoms with Crippen LogP contribution in [0, 0.1) is 5.92 Å². The molecule has 22 heavy (non-hydrogen) atoms. The first-order valence-electron chi connectivity index (χ1n) is 8.23. The molecule has 2 N–H and O–H groups in total. The van der Waals surface area contributed by atoms with Crippen molar-refractivity contribution in [2.45, 2.75) is 44.6 Å². The van der Waals surface area contributed by atoms with Gasteiger partial charge in [0.2, 0.25) is 0 Å². The second-order valence-electron chi connectivity index (χ2n) is 6.55. The number of nitrogens with one attached hydrogen (secondary N) is 2. The summed E-state index contributed by atoms with van der Waals surface area (Å²) in [7, 11) is 0. The van der Waals surface area contributed by atoms with Crippen LogP contribution in [0.1, 0.15) is 38.5 Å². The quantitative estimate of drug-likeness (QED) is 0.869. The number of hydrogen-bond donors (Lipinski definition) is 2. The van der Waals surface area contributed by atoms with E-state index in [1.807, 2.05) is 0 Å². The molecule has 120 valence electrons. The van der Waals surface area contributed by atoms with Crippen LogP contribution in [0.5, 0.6) is 0 Å². The Morgan fingerprint density at radius 3 is 2.77 bits per heavy atom. The number of likely N-dealkylation sites (tertiary alicyclic amines) is 1. The lowest BCUT2D eigenvalue weighted by Crippen LogP contribution is -3.18. The van der Waals surface area contributed by atoms with Gasteiger partial charge < -0.3 is 10.2 Å². The molecule has 0 radical (unpaired) electrons. The number of hydrogen-bond acceptors (Lipinski definition) is 1. The summed E-state index contributed by atoms with van der Waals surface area (Å²) in [5.41, 5.74) is 0.646. The van der Waals surface area contributed by atoms with Crippen LogP contribution >= 0.6 is 23.2 Å². The van der Waals surface area contributed by atoms with Gasteiger partial charge in [-0.1, -0.05) is 29.6 Å². The average Bonchev–Trinajstić information content (AvgIpc) is 2.50. The molecule has 1 aliphatic carbocycles. The maximum Gasteiger partial charge on any atom is 0.279 e. The second kappa shape index (κ2) is 7.20. The van der Waals surface area contributed by atoms with Gasteiger partial charge in [-0.25, -0.2) is 0 Å². The monoisotopic (exact) mass is 341 g/mol. The van der Waals surface area contributed by atoms with E-state index in [2.05, 4.69) is 5.32 Å². The first-order chi connectivity index (χ1) is 10.6. The zero-order valence-electron chi connectivity index (χ0n) is 12.7. The number of amides is 1. The van der Waals surface area contributed by atoms with Gasteiger partial charge in [-0.3, -0.25) is 4.79 Å². The SMILES string of the molecule is O=C(C[NH+]1CCC[C@@H]2CCCC[C@@H]21)Nc1ccc(Cl)cc1Cl. The molecule has 3 atom stereocenters. The van der Waals surface area contributed by atoms with Gasteiger partial charge in [-0.15, -0.1) is 0 Å². The maximum atomic E-state index is 12.4. The van der Waals surface area contributed by atoms with E-state index in [0.29, 0.717) is 28.3 Å². The van der Waals surface area contributed by atoms with Gasteiger partial charge in [-0.2, -0.15) is 0 Å². The Morgan fingerprint density at radius 1 is 1.18 bits per heavy atom. The molecule has 0 aromatic heterocycles. The summed E-state index contributed by atoms with van der Waals surface area (Å²) in [6.07, 6.45) is 7.88. The highest BCUT2D eigenvalue weighted by Gasteiger charge is 2.37. The van der Waals surface area contributed by atoms with E-state index in [1.54, 1.807) is 18.2 Å². The normalized spacial score (nSPS) is 28.0. The van der Waals surface area contributed by atoms with Crippen molar-refractivity contribution in [3.63, 3.8) is 0 Å². The van der Waals surface area contributed by atoms with Crippen LogP contribution in [0.3, 0.4) is 0 Å². The fourth-order valence-electron chi connectivity index (χ4n) is 4.08. The fourth-order valence-corrected chi connectivity index (χ4v) is 4.53. The van der Waals surface area contributed by atoms with Gasteiger partial charge in [0.1, 0.15) is 0 Å². The topological polar surface area (TPSA) is 33.5 Å². The summed E-state index contributed by atoms with van der Waals surface area (Å²) >= 11 is 12.0. The third-order valence-corrected chi connectivity index (χ3v) is 5.65. The van der Waals surface area contributed by atoms with Crippen molar-refractivity contribution in [3.05, 3.63) is 28.2 Å². The Hall–Kier alpha value is -0.770. The number of carbonyl (C=O) groups excluding carboxylic acids is 1. The summed E-state index contributed by atoms with van der Waals surface area (Å²) < 4.78 is 0. The summed E-state index contributed by atoms with van der Waals surface area (Å²) in [5.74, 6) is 0.870. The number of carbonyl (C=O) groups is 1. The van der Waals surface area contributed by atoms with Crippen LogP contribution in [0.25, 0.3) is 0 Å². The first-order valence-corrected chi connectivity index (χ1v) is 8.98. The predicted octanol–water partition coefficient (Wildman–Crippen LogP) is 3.17. The highest BCUT2D eigenvalue weighted by Crippen LogP contribution is 2.28. The lowest BCUT2D eigenvalue weighted by molar-refractivity contribution is -0.928. The van der Waals surface area contributed by atoms with Crippen molar-refractivity contribution in [2.24, 2.45) is 5.92 Å². The minimum absolute atomic E-state index is 0.0467. The van der Waals surface area contributed by atoms with Crippen LogP contribution in [-0.2, 0) is 4.79 Å². The zero-order valence-corrected chi connectivity index (χ0v) is 14.2. The van der Waals surface area contributed by atoms with Crippen molar-refractivity contribution in [2.75, 3.05) is 18.4 Å². The molecule has 1 amide bonds. The van der Waals surface area contributed by atoms with Gasteiger partial charge in [0, 0.05) is 10.9 Å². The van der Waals surface area contributed by atoms with Gasteiger partial charge in [0.25, 0.3) is 5.91 Å². The van der Waals surface area contributed by atoms with Crippen LogP contribution in [0.15, 0.2) is 18.2 Å². The van der Waals surface area contributed by atoms with E-state index in [0.717, 1.165) is 12.5 Å². The van der Waals surface area contributed by atoms with E-state index in [4.69, 9.17) is 23.2 Å². The van der Waals surface area contributed by atoms with E-state index in [9.17, 15) is 4.79 Å². The predicted molar refractivity (Wildman–Crippen MR) is 90.8 cm³/mol. The van der Waals surface area contributed by atoms with Crippen LogP contribution < -0.4 is 10.2 Å². The number of rotatable bonds is 3. The van der Waals surface area contributed by atoms with Crippen molar-refractivity contribution >= 4 is 34.8 Å². The molecule has 1 saturated heterocycles. The van der Waals surface area contributed by atoms with Crippen LogP contribution in [-0.4, -0.2) is 25.0 Å². The van der Waals surface area contributed by atoms with Crippen molar-refractivity contribution < 1.29 is 9.69 Å². The number of fused-ring (bicyclic) bond motifs is 1.